The summed E-state index contributed by atoms with van der Waals surface area (Å²) in [5, 5.41) is 3.15. The van der Waals surface area contributed by atoms with Crippen LogP contribution >= 0.6 is 0 Å². The van der Waals surface area contributed by atoms with Crippen molar-refractivity contribution in [2.24, 2.45) is 0 Å². The zero-order chi connectivity index (χ0) is 20.0. The summed E-state index contributed by atoms with van der Waals surface area (Å²) in [6.45, 7) is 2.39. The molecule has 1 aromatic rings. The number of nitrogens with one attached hydrogen (secondary N) is 1. The first kappa shape index (κ1) is 20.2. The van der Waals surface area contributed by atoms with E-state index in [1.54, 1.807) is 18.2 Å². The summed E-state index contributed by atoms with van der Waals surface area (Å²) in [5.41, 5.74) is 1.41. The molecule has 1 N–H and O–H groups in total. The molecule has 0 fully saturated rings. The van der Waals surface area contributed by atoms with Gasteiger partial charge in [0.15, 0.2) is 0 Å². The van der Waals surface area contributed by atoms with E-state index in [4.69, 9.17) is 18.9 Å². The maximum Gasteiger partial charge on any atom is 0.355 e. The number of carbonyl (C=O) groups is 3. The molecule has 2 rings (SSSR count). The second kappa shape index (κ2) is 9.04. The summed E-state index contributed by atoms with van der Waals surface area (Å²) >= 11 is 0. The Morgan fingerprint density at radius 1 is 1.07 bits per heavy atom. The predicted molar refractivity (Wildman–Crippen MR) is 96.3 cm³/mol. The second-order valence-corrected chi connectivity index (χ2v) is 5.47. The molecule has 9 nitrogen and oxygen atoms in total. The molecule has 1 aliphatic heterocycles. The summed E-state index contributed by atoms with van der Waals surface area (Å²) in [4.78, 5) is 38.0. The molecule has 0 aromatic heterocycles. The number of anilines is 2. The van der Waals surface area contributed by atoms with Gasteiger partial charge in [0.2, 0.25) is 0 Å². The van der Waals surface area contributed by atoms with Gasteiger partial charge < -0.3 is 29.2 Å². The van der Waals surface area contributed by atoms with Crippen molar-refractivity contribution < 1.29 is 33.3 Å². The molecule has 9 heteroatoms. The predicted octanol–water partition coefficient (Wildman–Crippen LogP) is 1.30. The van der Waals surface area contributed by atoms with Gasteiger partial charge in [0.25, 0.3) is 0 Å². The number of hydrogen-bond acceptors (Lipinski definition) is 9. The van der Waals surface area contributed by atoms with Crippen LogP contribution in [0.1, 0.15) is 17.3 Å². The number of benzene rings is 1. The fourth-order valence-electron chi connectivity index (χ4n) is 2.67. The third kappa shape index (κ3) is 4.20. The highest BCUT2D eigenvalue weighted by molar-refractivity contribution is 6.04. The van der Waals surface area contributed by atoms with Gasteiger partial charge in [-0.25, -0.2) is 14.4 Å². The highest BCUT2D eigenvalue weighted by Crippen LogP contribution is 2.33. The molecule has 0 unspecified atom stereocenters. The average Bonchev–Trinajstić information content (AvgIpc) is 2.71. The minimum absolute atomic E-state index is 0.00299. The van der Waals surface area contributed by atoms with E-state index in [0.717, 1.165) is 0 Å². The fraction of sp³-hybridized carbons (Fsp3) is 0.389. The molecule has 146 valence electrons. The molecule has 0 radical (unpaired) electrons. The minimum Gasteiger partial charge on any atom is -0.466 e. The SMILES string of the molecule is CCNc1ccc(C(=O)OC)cc1N1COCC(C(=O)OC)=C1C(=O)OC. The van der Waals surface area contributed by atoms with Gasteiger partial charge in [0, 0.05) is 6.54 Å². The van der Waals surface area contributed by atoms with Crippen LogP contribution in [0.3, 0.4) is 0 Å². The minimum atomic E-state index is -0.718. The van der Waals surface area contributed by atoms with Crippen molar-refractivity contribution in [1.82, 2.24) is 0 Å². The lowest BCUT2D eigenvalue weighted by Gasteiger charge is -2.32. The van der Waals surface area contributed by atoms with Gasteiger partial charge in [-0.2, -0.15) is 0 Å². The lowest BCUT2D eigenvalue weighted by atomic mass is 10.1. The van der Waals surface area contributed by atoms with Crippen LogP contribution in [-0.4, -0.2) is 59.1 Å². The second-order valence-electron chi connectivity index (χ2n) is 5.47. The highest BCUT2D eigenvalue weighted by atomic mass is 16.5. The van der Waals surface area contributed by atoms with Crippen LogP contribution in [0.2, 0.25) is 0 Å². The van der Waals surface area contributed by atoms with Crippen LogP contribution in [0, 0.1) is 0 Å². The van der Waals surface area contributed by atoms with Crippen LogP contribution < -0.4 is 10.2 Å². The van der Waals surface area contributed by atoms with Crippen molar-refractivity contribution >= 4 is 29.3 Å². The highest BCUT2D eigenvalue weighted by Gasteiger charge is 2.33. The number of ether oxygens (including phenoxy) is 4. The van der Waals surface area contributed by atoms with E-state index >= 15 is 0 Å². The van der Waals surface area contributed by atoms with Crippen molar-refractivity contribution in [2.75, 3.05) is 51.4 Å². The zero-order valence-corrected chi connectivity index (χ0v) is 15.7. The summed E-state index contributed by atoms with van der Waals surface area (Å²) in [7, 11) is 3.71. The van der Waals surface area contributed by atoms with Gasteiger partial charge >= 0.3 is 17.9 Å². The summed E-state index contributed by atoms with van der Waals surface area (Å²) in [5.74, 6) is -1.95. The Balaban J connectivity index is 2.66. The first-order valence-electron chi connectivity index (χ1n) is 8.19. The molecule has 0 spiro atoms. The summed E-state index contributed by atoms with van der Waals surface area (Å²) < 4.78 is 19.8. The maximum atomic E-state index is 12.4. The van der Waals surface area contributed by atoms with E-state index in [1.165, 1.54) is 26.2 Å². The monoisotopic (exact) mass is 378 g/mol. The molecule has 0 atom stereocenters. The van der Waals surface area contributed by atoms with Crippen LogP contribution in [0.25, 0.3) is 0 Å². The molecule has 27 heavy (non-hydrogen) atoms. The van der Waals surface area contributed by atoms with Gasteiger partial charge in [-0.3, -0.25) is 0 Å². The number of methoxy groups -OCH3 is 3. The van der Waals surface area contributed by atoms with E-state index in [-0.39, 0.29) is 30.2 Å². The van der Waals surface area contributed by atoms with Crippen LogP contribution in [-0.2, 0) is 28.5 Å². The number of nitrogens with zero attached hydrogens (tertiary/aromatic N) is 1. The Kier molecular flexibility index (Phi) is 6.78. The summed E-state index contributed by atoms with van der Waals surface area (Å²) in [6, 6.07) is 4.84. The number of hydrogen-bond donors (Lipinski definition) is 1. The molecule has 0 saturated heterocycles. The van der Waals surface area contributed by atoms with Gasteiger partial charge in [-0.05, 0) is 25.1 Å². The van der Waals surface area contributed by atoms with Gasteiger partial charge in [0.1, 0.15) is 12.4 Å². The van der Waals surface area contributed by atoms with Crippen molar-refractivity contribution in [2.45, 2.75) is 6.92 Å². The third-order valence-corrected chi connectivity index (χ3v) is 3.91. The van der Waals surface area contributed by atoms with Crippen LogP contribution in [0.15, 0.2) is 29.5 Å². The van der Waals surface area contributed by atoms with Crippen molar-refractivity contribution in [1.29, 1.82) is 0 Å². The van der Waals surface area contributed by atoms with Crippen molar-refractivity contribution in [3.8, 4) is 0 Å². The Bertz CT molecular complexity index is 773. The number of rotatable bonds is 6. The summed E-state index contributed by atoms with van der Waals surface area (Å²) in [6.07, 6.45) is 0. The molecule has 1 heterocycles. The van der Waals surface area contributed by atoms with Gasteiger partial charge in [-0.1, -0.05) is 0 Å². The molecule has 0 saturated carbocycles. The largest absolute Gasteiger partial charge is 0.466 e. The van der Waals surface area contributed by atoms with Gasteiger partial charge in [-0.15, -0.1) is 0 Å². The smallest absolute Gasteiger partial charge is 0.355 e. The Hall–Kier alpha value is -3.07. The van der Waals surface area contributed by atoms with Gasteiger partial charge in [0.05, 0.1) is 50.4 Å². The molecular weight excluding hydrogens is 356 g/mol. The third-order valence-electron chi connectivity index (χ3n) is 3.91. The van der Waals surface area contributed by atoms with E-state index in [2.05, 4.69) is 5.32 Å². The van der Waals surface area contributed by atoms with Crippen LogP contribution in [0.5, 0.6) is 0 Å². The van der Waals surface area contributed by atoms with E-state index < -0.39 is 17.9 Å². The van der Waals surface area contributed by atoms with Crippen molar-refractivity contribution in [3.63, 3.8) is 0 Å². The molecule has 0 aliphatic carbocycles. The van der Waals surface area contributed by atoms with E-state index in [1.807, 2.05) is 6.92 Å². The first-order valence-corrected chi connectivity index (χ1v) is 8.19. The number of esters is 3. The Labute approximate surface area is 156 Å². The molecular formula is C18H22N2O7. The quantitative estimate of drug-likeness (QED) is 0.579. The molecule has 1 aromatic carbocycles. The Morgan fingerprint density at radius 3 is 2.33 bits per heavy atom. The molecule has 0 bridgehead atoms. The zero-order valence-electron chi connectivity index (χ0n) is 15.7. The van der Waals surface area contributed by atoms with E-state index in [9.17, 15) is 14.4 Å². The fourth-order valence-corrected chi connectivity index (χ4v) is 2.67. The molecule has 0 amide bonds. The first-order chi connectivity index (χ1) is 13.0. The van der Waals surface area contributed by atoms with Crippen LogP contribution in [0.4, 0.5) is 11.4 Å². The lowest BCUT2D eigenvalue weighted by molar-refractivity contribution is -0.140. The maximum absolute atomic E-state index is 12.4. The molecule has 1 aliphatic rings. The van der Waals surface area contributed by atoms with Crippen molar-refractivity contribution in [3.05, 3.63) is 35.0 Å². The average molecular weight is 378 g/mol. The lowest BCUT2D eigenvalue weighted by Crippen LogP contribution is -2.39. The Morgan fingerprint density at radius 2 is 1.74 bits per heavy atom. The van der Waals surface area contributed by atoms with E-state index in [0.29, 0.717) is 17.9 Å². The number of carbonyl (C=O) groups excluding carboxylic acids is 3. The topological polar surface area (TPSA) is 103 Å². The standard InChI is InChI=1S/C18H22N2O7/c1-5-19-13-7-6-11(16(21)24-2)8-14(13)20-10-27-9-12(17(22)25-3)15(20)18(23)26-4/h6-8,19H,5,9-10H2,1-4H3. The normalized spacial score (nSPS) is 13.9.